The van der Waals surface area contributed by atoms with Crippen LogP contribution < -0.4 is 11.1 Å². The van der Waals surface area contributed by atoms with Gasteiger partial charge in [-0.2, -0.15) is 13.2 Å². The number of primary amides is 1. The number of benzene rings is 1. The summed E-state index contributed by atoms with van der Waals surface area (Å²) in [6, 6.07) is 3.86. The highest BCUT2D eigenvalue weighted by Crippen LogP contribution is 2.21. The number of nitrogens with two attached hydrogens (primary N) is 1. The number of aryl methyl sites for hydroxylation is 1. The van der Waals surface area contributed by atoms with E-state index < -0.39 is 18.0 Å². The van der Waals surface area contributed by atoms with Crippen molar-refractivity contribution in [2.75, 3.05) is 5.32 Å². The molecular formula is C10H9F3N2O2. The molecule has 0 heterocycles. The maximum atomic E-state index is 12.0. The van der Waals surface area contributed by atoms with Gasteiger partial charge in [-0.3, -0.25) is 9.59 Å². The van der Waals surface area contributed by atoms with Crippen molar-refractivity contribution >= 4 is 17.5 Å². The van der Waals surface area contributed by atoms with E-state index in [1.54, 1.807) is 5.32 Å². The smallest absolute Gasteiger partial charge is 0.366 e. The lowest BCUT2D eigenvalue weighted by Crippen LogP contribution is -2.30. The number of carbonyl (C=O) groups excluding carboxylic acids is 2. The van der Waals surface area contributed by atoms with Crippen LogP contribution in [-0.2, 0) is 4.79 Å². The first-order valence-electron chi connectivity index (χ1n) is 4.50. The minimum atomic E-state index is -4.98. The lowest BCUT2D eigenvalue weighted by atomic mass is 10.1. The summed E-state index contributed by atoms with van der Waals surface area (Å²) in [6.45, 7) is 1.50. The average molecular weight is 246 g/mol. The summed E-state index contributed by atoms with van der Waals surface area (Å²) in [5.74, 6) is -2.88. The zero-order valence-electron chi connectivity index (χ0n) is 8.76. The van der Waals surface area contributed by atoms with Crippen LogP contribution in [0, 0.1) is 6.92 Å². The van der Waals surface area contributed by atoms with Gasteiger partial charge in [-0.15, -0.1) is 0 Å². The van der Waals surface area contributed by atoms with Crippen LogP contribution in [-0.4, -0.2) is 18.0 Å². The number of alkyl halides is 3. The number of nitrogens with one attached hydrogen (secondary N) is 1. The molecule has 0 spiro atoms. The van der Waals surface area contributed by atoms with Crippen molar-refractivity contribution in [3.63, 3.8) is 0 Å². The van der Waals surface area contributed by atoms with Crippen molar-refractivity contribution in [2.24, 2.45) is 5.73 Å². The molecule has 17 heavy (non-hydrogen) atoms. The van der Waals surface area contributed by atoms with E-state index in [1.165, 1.54) is 19.1 Å². The van der Waals surface area contributed by atoms with E-state index in [-0.39, 0.29) is 11.3 Å². The Morgan fingerprint density at radius 3 is 2.35 bits per heavy atom. The number of amides is 2. The highest BCUT2D eigenvalue weighted by molar-refractivity contribution is 5.98. The van der Waals surface area contributed by atoms with Crippen molar-refractivity contribution in [1.82, 2.24) is 0 Å². The summed E-state index contributed by atoms with van der Waals surface area (Å²) in [5.41, 5.74) is 5.30. The van der Waals surface area contributed by atoms with Crippen LogP contribution in [0.25, 0.3) is 0 Å². The first-order chi connectivity index (χ1) is 7.71. The predicted octanol–water partition coefficient (Wildman–Crippen LogP) is 1.59. The molecule has 7 heteroatoms. The predicted molar refractivity (Wildman–Crippen MR) is 54.4 cm³/mol. The molecule has 1 rings (SSSR count). The van der Waals surface area contributed by atoms with E-state index in [1.807, 2.05) is 0 Å². The van der Waals surface area contributed by atoms with Gasteiger partial charge >= 0.3 is 12.1 Å². The van der Waals surface area contributed by atoms with Crippen LogP contribution in [0.15, 0.2) is 18.2 Å². The Kier molecular flexibility index (Phi) is 3.40. The Labute approximate surface area is 94.6 Å². The molecule has 2 amide bonds. The Morgan fingerprint density at radius 1 is 1.29 bits per heavy atom. The van der Waals surface area contributed by atoms with Crippen molar-refractivity contribution in [3.8, 4) is 0 Å². The van der Waals surface area contributed by atoms with E-state index in [2.05, 4.69) is 0 Å². The molecule has 0 aliphatic rings. The topological polar surface area (TPSA) is 72.2 Å². The standard InChI is InChI=1S/C10H9F3N2O2/c1-5-2-3-6(8(14)16)4-7(5)15-9(17)10(11,12)13/h2-4H,1H3,(H2,14,16)(H,15,17). The molecule has 0 unspecified atom stereocenters. The Bertz CT molecular complexity index is 469. The summed E-state index contributed by atoms with van der Waals surface area (Å²) >= 11 is 0. The number of carbonyl (C=O) groups is 2. The zero-order chi connectivity index (χ0) is 13.2. The monoisotopic (exact) mass is 246 g/mol. The lowest BCUT2D eigenvalue weighted by molar-refractivity contribution is -0.167. The van der Waals surface area contributed by atoms with Gasteiger partial charge in [0.15, 0.2) is 0 Å². The molecule has 0 bridgehead atoms. The summed E-state index contributed by atoms with van der Waals surface area (Å²) in [5, 5.41) is 1.67. The first kappa shape index (κ1) is 13.0. The third-order valence-corrected chi connectivity index (χ3v) is 2.03. The third-order valence-electron chi connectivity index (χ3n) is 2.03. The van der Waals surface area contributed by atoms with E-state index in [4.69, 9.17) is 5.73 Å². The molecular weight excluding hydrogens is 237 g/mol. The van der Waals surface area contributed by atoms with Crippen molar-refractivity contribution in [2.45, 2.75) is 13.1 Å². The quantitative estimate of drug-likeness (QED) is 0.831. The Balaban J connectivity index is 3.02. The molecule has 0 aliphatic heterocycles. The van der Waals surface area contributed by atoms with Gasteiger partial charge in [0, 0.05) is 11.3 Å². The average Bonchev–Trinajstić information content (AvgIpc) is 2.19. The Morgan fingerprint density at radius 2 is 1.88 bits per heavy atom. The minimum Gasteiger partial charge on any atom is -0.366 e. The highest BCUT2D eigenvalue weighted by Gasteiger charge is 2.38. The fourth-order valence-electron chi connectivity index (χ4n) is 1.10. The van der Waals surface area contributed by atoms with Crippen LogP contribution >= 0.6 is 0 Å². The molecule has 0 fully saturated rings. The molecule has 0 radical (unpaired) electrons. The van der Waals surface area contributed by atoms with Crippen molar-refractivity contribution in [1.29, 1.82) is 0 Å². The van der Waals surface area contributed by atoms with Gasteiger partial charge in [-0.1, -0.05) is 6.07 Å². The van der Waals surface area contributed by atoms with Crippen LogP contribution in [0.3, 0.4) is 0 Å². The second-order valence-corrected chi connectivity index (χ2v) is 3.35. The fraction of sp³-hybridized carbons (Fsp3) is 0.200. The molecule has 0 saturated heterocycles. The fourth-order valence-corrected chi connectivity index (χ4v) is 1.10. The number of hydrogen-bond donors (Lipinski definition) is 2. The largest absolute Gasteiger partial charge is 0.471 e. The summed E-state index contributed by atoms with van der Waals surface area (Å²) in [7, 11) is 0. The van der Waals surface area contributed by atoms with Gasteiger partial charge in [0.25, 0.3) is 0 Å². The first-order valence-corrected chi connectivity index (χ1v) is 4.50. The van der Waals surface area contributed by atoms with E-state index >= 15 is 0 Å². The van der Waals surface area contributed by atoms with Crippen LogP contribution in [0.1, 0.15) is 15.9 Å². The van der Waals surface area contributed by atoms with Gasteiger partial charge in [-0.05, 0) is 24.6 Å². The van der Waals surface area contributed by atoms with Gasteiger partial charge in [0.1, 0.15) is 0 Å². The number of rotatable bonds is 2. The maximum absolute atomic E-state index is 12.0. The summed E-state index contributed by atoms with van der Waals surface area (Å²) in [4.78, 5) is 21.5. The normalized spacial score (nSPS) is 11.1. The van der Waals surface area contributed by atoms with Gasteiger partial charge < -0.3 is 11.1 Å². The summed E-state index contributed by atoms with van der Waals surface area (Å²) in [6.07, 6.45) is -4.98. The molecule has 4 nitrogen and oxygen atoms in total. The van der Waals surface area contributed by atoms with Gasteiger partial charge in [-0.25, -0.2) is 0 Å². The molecule has 92 valence electrons. The van der Waals surface area contributed by atoms with Crippen molar-refractivity contribution < 1.29 is 22.8 Å². The molecule has 1 aromatic rings. The van der Waals surface area contributed by atoms with Crippen LogP contribution in [0.5, 0.6) is 0 Å². The van der Waals surface area contributed by atoms with E-state index in [0.717, 1.165) is 6.07 Å². The number of halogens is 3. The maximum Gasteiger partial charge on any atom is 0.471 e. The third kappa shape index (κ3) is 3.20. The second-order valence-electron chi connectivity index (χ2n) is 3.35. The molecule has 0 atom stereocenters. The SMILES string of the molecule is Cc1ccc(C(N)=O)cc1NC(=O)C(F)(F)F. The van der Waals surface area contributed by atoms with Gasteiger partial charge in [0.05, 0.1) is 0 Å². The van der Waals surface area contributed by atoms with Crippen LogP contribution in [0.2, 0.25) is 0 Å². The lowest BCUT2D eigenvalue weighted by Gasteiger charge is -2.11. The number of anilines is 1. The molecule has 0 aromatic heterocycles. The number of hydrogen-bond acceptors (Lipinski definition) is 2. The highest BCUT2D eigenvalue weighted by atomic mass is 19.4. The molecule has 0 aliphatic carbocycles. The van der Waals surface area contributed by atoms with E-state index in [9.17, 15) is 22.8 Å². The van der Waals surface area contributed by atoms with Crippen LogP contribution in [0.4, 0.5) is 18.9 Å². The second kappa shape index (κ2) is 4.44. The van der Waals surface area contributed by atoms with Crippen molar-refractivity contribution in [3.05, 3.63) is 29.3 Å². The Hall–Kier alpha value is -2.05. The zero-order valence-corrected chi connectivity index (χ0v) is 8.76. The molecule has 1 aromatic carbocycles. The summed E-state index contributed by atoms with van der Waals surface area (Å²) < 4.78 is 36.1. The van der Waals surface area contributed by atoms with E-state index in [0.29, 0.717) is 5.56 Å². The van der Waals surface area contributed by atoms with Gasteiger partial charge in [0.2, 0.25) is 5.91 Å². The molecule has 0 saturated carbocycles. The molecule has 3 N–H and O–H groups in total. The minimum absolute atomic E-state index is 0.0214.